The maximum Gasteiger partial charge on any atom is 0.419 e. The van der Waals surface area contributed by atoms with Gasteiger partial charge in [-0.1, -0.05) is 18.2 Å². The lowest BCUT2D eigenvalue weighted by molar-refractivity contribution is -0.145. The van der Waals surface area contributed by atoms with Crippen LogP contribution in [0.1, 0.15) is 52.0 Å². The lowest BCUT2D eigenvalue weighted by Gasteiger charge is -2.73. The second-order valence-electron chi connectivity index (χ2n) is 11.4. The van der Waals surface area contributed by atoms with Crippen molar-refractivity contribution >= 4 is 23.3 Å². The lowest BCUT2D eigenvalue weighted by atomic mass is 9.43. The normalized spacial score (nSPS) is 24.6. The molecule has 4 fully saturated rings. The smallest absolute Gasteiger partial charge is 0.419 e. The van der Waals surface area contributed by atoms with Crippen LogP contribution in [0, 0.1) is 5.82 Å². The number of nitrogens with zero attached hydrogens (tertiary/aromatic N) is 3. The molecule has 2 aromatic carbocycles. The number of amides is 2. The van der Waals surface area contributed by atoms with E-state index in [2.05, 4.69) is 25.5 Å². The standard InChI is InChI=1S/C29H28F4N6O4/c1-43-26-21(22(34)41)24(38-27-12-28(13-27,14-27)39-9-8-16(40)11-39)36-23(37-26)17-4-2-3-5-18(17)25(42)35-15-6-7-20(30)19(10-15)29(31,32)33/h2-7,10,16,40H,8-9,11-14H2,1H3,(H2,34,41)(H,35,42)(H,36,37,38). The fraction of sp³-hybridized carbons (Fsp3) is 0.379. The molecule has 0 spiro atoms. The van der Waals surface area contributed by atoms with Crippen LogP contribution in [0.15, 0.2) is 42.5 Å². The summed E-state index contributed by atoms with van der Waals surface area (Å²) in [4.78, 5) is 36.9. The molecule has 1 aromatic heterocycles. The molecule has 10 nitrogen and oxygen atoms in total. The minimum atomic E-state index is -4.95. The molecule has 3 saturated carbocycles. The highest BCUT2D eigenvalue weighted by Gasteiger charge is 2.71. The van der Waals surface area contributed by atoms with Gasteiger partial charge < -0.3 is 26.2 Å². The maximum atomic E-state index is 13.8. The van der Waals surface area contributed by atoms with E-state index in [1.54, 1.807) is 12.1 Å². The number of anilines is 2. The molecule has 7 rings (SSSR count). The molecule has 226 valence electrons. The molecule has 3 aromatic rings. The quantitative estimate of drug-likeness (QED) is 0.286. The van der Waals surface area contributed by atoms with Gasteiger partial charge in [0.05, 0.1) is 24.3 Å². The number of rotatable bonds is 8. The molecular formula is C29H28F4N6O4. The Morgan fingerprint density at radius 3 is 2.49 bits per heavy atom. The zero-order valence-corrected chi connectivity index (χ0v) is 23.0. The van der Waals surface area contributed by atoms with Crippen LogP contribution < -0.4 is 21.1 Å². The number of carbonyl (C=O) groups excluding carboxylic acids is 2. The highest BCUT2D eigenvalue weighted by atomic mass is 19.4. The van der Waals surface area contributed by atoms with Gasteiger partial charge in [-0.3, -0.25) is 14.5 Å². The average molecular weight is 601 g/mol. The van der Waals surface area contributed by atoms with Crippen LogP contribution in [-0.4, -0.2) is 69.2 Å². The Morgan fingerprint density at radius 1 is 1.14 bits per heavy atom. The molecule has 1 aliphatic heterocycles. The van der Waals surface area contributed by atoms with Crippen LogP contribution in [0.2, 0.25) is 0 Å². The summed E-state index contributed by atoms with van der Waals surface area (Å²) >= 11 is 0. The molecule has 1 saturated heterocycles. The zero-order valence-electron chi connectivity index (χ0n) is 23.0. The van der Waals surface area contributed by atoms with E-state index in [0.717, 1.165) is 38.3 Å². The Labute approximate surface area is 243 Å². The number of halogens is 4. The van der Waals surface area contributed by atoms with E-state index in [0.29, 0.717) is 18.7 Å². The Hall–Kier alpha value is -4.30. The van der Waals surface area contributed by atoms with E-state index < -0.39 is 29.4 Å². The Kier molecular flexibility index (Phi) is 6.80. The van der Waals surface area contributed by atoms with Gasteiger partial charge >= 0.3 is 6.18 Å². The third-order valence-electron chi connectivity index (χ3n) is 8.48. The molecule has 2 amide bonds. The number of alkyl halides is 3. The van der Waals surface area contributed by atoms with Crippen molar-refractivity contribution < 1.29 is 37.0 Å². The number of hydrogen-bond acceptors (Lipinski definition) is 8. The molecule has 1 unspecified atom stereocenters. The van der Waals surface area contributed by atoms with Crippen molar-refractivity contribution in [3.63, 3.8) is 0 Å². The summed E-state index contributed by atoms with van der Waals surface area (Å²) in [5.41, 5.74) is 3.71. The summed E-state index contributed by atoms with van der Waals surface area (Å²) < 4.78 is 58.8. The van der Waals surface area contributed by atoms with E-state index in [1.165, 1.54) is 19.2 Å². The Morgan fingerprint density at radius 2 is 1.86 bits per heavy atom. The number of methoxy groups -OCH3 is 1. The number of ether oxygens (including phenoxy) is 1. The summed E-state index contributed by atoms with van der Waals surface area (Å²) in [5, 5.41) is 15.7. The second-order valence-corrected chi connectivity index (χ2v) is 11.4. The topological polar surface area (TPSA) is 143 Å². The first-order chi connectivity index (χ1) is 20.3. The van der Waals surface area contributed by atoms with E-state index in [4.69, 9.17) is 10.5 Å². The molecule has 5 N–H and O–H groups in total. The van der Waals surface area contributed by atoms with Crippen molar-refractivity contribution in [3.8, 4) is 17.3 Å². The van der Waals surface area contributed by atoms with Crippen LogP contribution in [-0.2, 0) is 6.18 Å². The SMILES string of the molecule is COc1nc(-c2ccccc2C(=O)Nc2ccc(F)c(C(F)(F)F)c2)nc(NC23CC(N4CCC(O)C4)(C2)C3)c1C(N)=O. The average Bonchev–Trinajstić information content (AvgIpc) is 3.35. The van der Waals surface area contributed by atoms with Crippen LogP contribution in [0.5, 0.6) is 5.88 Å². The van der Waals surface area contributed by atoms with Gasteiger partial charge in [0.2, 0.25) is 5.88 Å². The van der Waals surface area contributed by atoms with Crippen molar-refractivity contribution in [1.29, 1.82) is 0 Å². The van der Waals surface area contributed by atoms with Crippen molar-refractivity contribution in [2.24, 2.45) is 5.73 Å². The van der Waals surface area contributed by atoms with Gasteiger partial charge in [0, 0.05) is 35.4 Å². The highest BCUT2D eigenvalue weighted by Crippen LogP contribution is 2.65. The van der Waals surface area contributed by atoms with E-state index >= 15 is 0 Å². The number of carbonyl (C=O) groups is 2. The molecule has 2 bridgehead atoms. The second kappa shape index (κ2) is 10.2. The van der Waals surface area contributed by atoms with Gasteiger partial charge in [0.15, 0.2) is 5.82 Å². The van der Waals surface area contributed by atoms with Gasteiger partial charge in [-0.2, -0.15) is 18.2 Å². The number of nitrogens with one attached hydrogen (secondary N) is 2. The van der Waals surface area contributed by atoms with Gasteiger partial charge in [-0.05, 0) is 49.9 Å². The first kappa shape index (κ1) is 28.8. The fourth-order valence-electron chi connectivity index (χ4n) is 6.54. The Bertz CT molecular complexity index is 1610. The number of β-amino-alcohol motifs (C(OH)–C–C–N with tert-alkyl or cyclic N) is 1. The largest absolute Gasteiger partial charge is 0.480 e. The summed E-state index contributed by atoms with van der Waals surface area (Å²) in [6.07, 6.45) is -2.21. The highest BCUT2D eigenvalue weighted by molar-refractivity contribution is 6.08. The van der Waals surface area contributed by atoms with Gasteiger partial charge in [0.25, 0.3) is 11.8 Å². The molecule has 14 heteroatoms. The zero-order chi connectivity index (χ0) is 30.7. The minimum absolute atomic E-state index is 0.00562. The molecule has 2 heterocycles. The molecule has 1 atom stereocenters. The van der Waals surface area contributed by atoms with Gasteiger partial charge in [-0.25, -0.2) is 9.37 Å². The number of aliphatic hydroxyl groups excluding tert-OH is 1. The number of benzene rings is 2. The van der Waals surface area contributed by atoms with Crippen molar-refractivity contribution in [1.82, 2.24) is 14.9 Å². The number of primary amides is 1. The first-order valence-corrected chi connectivity index (χ1v) is 13.6. The van der Waals surface area contributed by atoms with Crippen LogP contribution >= 0.6 is 0 Å². The van der Waals surface area contributed by atoms with Crippen molar-refractivity contribution in [2.75, 3.05) is 30.8 Å². The van der Waals surface area contributed by atoms with E-state index in [1.807, 2.05) is 0 Å². The summed E-state index contributed by atoms with van der Waals surface area (Å²) in [5.74, 6) is -3.05. The Balaban J connectivity index is 1.30. The first-order valence-electron chi connectivity index (χ1n) is 13.6. The summed E-state index contributed by atoms with van der Waals surface area (Å²) in [6.45, 7) is 1.45. The van der Waals surface area contributed by atoms with Gasteiger partial charge in [-0.15, -0.1) is 0 Å². The van der Waals surface area contributed by atoms with Crippen LogP contribution in [0.25, 0.3) is 11.4 Å². The predicted octanol–water partition coefficient (Wildman–Crippen LogP) is 3.81. The third-order valence-corrected chi connectivity index (χ3v) is 8.48. The third kappa shape index (κ3) is 5.03. The lowest BCUT2D eigenvalue weighted by Crippen LogP contribution is -2.81. The van der Waals surface area contributed by atoms with Crippen LogP contribution in [0.4, 0.5) is 29.1 Å². The van der Waals surface area contributed by atoms with Crippen molar-refractivity contribution in [2.45, 2.75) is 49.0 Å². The molecule has 4 aliphatic rings. The van der Waals surface area contributed by atoms with Crippen LogP contribution in [0.3, 0.4) is 0 Å². The summed E-state index contributed by atoms with van der Waals surface area (Å²) in [7, 11) is 1.31. The predicted molar refractivity (Wildman–Crippen MR) is 147 cm³/mol. The van der Waals surface area contributed by atoms with E-state index in [9.17, 15) is 32.3 Å². The maximum absolute atomic E-state index is 13.8. The fourth-order valence-corrected chi connectivity index (χ4v) is 6.54. The monoisotopic (exact) mass is 600 g/mol. The van der Waals surface area contributed by atoms with E-state index in [-0.39, 0.29) is 57.1 Å². The van der Waals surface area contributed by atoms with Crippen molar-refractivity contribution in [3.05, 3.63) is 65.0 Å². The number of nitrogens with two attached hydrogens (primary N) is 1. The molecular weight excluding hydrogens is 572 g/mol. The molecule has 3 aliphatic carbocycles. The number of aromatic nitrogens is 2. The number of likely N-dealkylation sites (tertiary alicyclic amines) is 1. The molecule has 43 heavy (non-hydrogen) atoms. The minimum Gasteiger partial charge on any atom is -0.480 e. The van der Waals surface area contributed by atoms with Gasteiger partial charge in [0.1, 0.15) is 17.2 Å². The summed E-state index contributed by atoms with van der Waals surface area (Å²) in [6, 6.07) is 8.30. The number of hydrogen-bond donors (Lipinski definition) is 4. The molecule has 0 radical (unpaired) electrons. The number of aliphatic hydroxyl groups is 1.